The third-order valence-corrected chi connectivity index (χ3v) is 5.03. The van der Waals surface area contributed by atoms with Gasteiger partial charge in [0.05, 0.1) is 16.6 Å². The molecule has 1 amide bonds. The summed E-state index contributed by atoms with van der Waals surface area (Å²) in [4.78, 5) is 45.1. The van der Waals surface area contributed by atoms with E-state index in [1.165, 1.54) is 0 Å². The fourth-order valence-corrected chi connectivity index (χ4v) is 3.60. The number of carbonyl (C=O) groups is 1. The summed E-state index contributed by atoms with van der Waals surface area (Å²) in [5.74, 6) is 1.06. The predicted octanol–water partition coefficient (Wildman–Crippen LogP) is 0.553. The van der Waals surface area contributed by atoms with Crippen molar-refractivity contribution in [2.75, 3.05) is 36.0 Å². The van der Waals surface area contributed by atoms with E-state index in [-0.39, 0.29) is 5.69 Å². The van der Waals surface area contributed by atoms with Crippen LogP contribution in [0.25, 0.3) is 22.2 Å². The minimum Gasteiger partial charge on any atom is -0.366 e. The minimum absolute atomic E-state index is 0.260. The Kier molecular flexibility index (Phi) is 3.57. The van der Waals surface area contributed by atoms with Gasteiger partial charge in [-0.05, 0) is 24.3 Å². The summed E-state index contributed by atoms with van der Waals surface area (Å²) in [6.07, 6.45) is 0. The highest BCUT2D eigenvalue weighted by molar-refractivity contribution is 6.04. The molecular weight excluding hydrogens is 360 g/mol. The van der Waals surface area contributed by atoms with Gasteiger partial charge >= 0.3 is 5.69 Å². The molecule has 10 nitrogen and oxygen atoms in total. The number of amides is 1. The van der Waals surface area contributed by atoms with Crippen molar-refractivity contribution >= 4 is 39.9 Å². The van der Waals surface area contributed by atoms with Gasteiger partial charge in [0.2, 0.25) is 5.95 Å². The van der Waals surface area contributed by atoms with Crippen LogP contribution in [-0.4, -0.2) is 57.0 Å². The number of nitrogens with zero attached hydrogens (tertiary/aromatic N) is 4. The Labute approximate surface area is 158 Å². The smallest absolute Gasteiger partial charge is 0.325 e. The minimum atomic E-state index is -0.488. The number of rotatable bonds is 3. The molecule has 5 rings (SSSR count). The summed E-state index contributed by atoms with van der Waals surface area (Å²) in [6.45, 7) is 3.00. The van der Waals surface area contributed by atoms with Crippen LogP contribution >= 0.6 is 0 Å². The SMILES string of the molecule is NC(=O)c1cccc2[nH]c(N3CCN(c4ccc5[nH]c(=O)[nH]c5n4)CC3)nc12. The zero-order chi connectivity index (χ0) is 19.3. The number of aromatic amines is 3. The molecule has 1 aromatic carbocycles. The largest absolute Gasteiger partial charge is 0.366 e. The van der Waals surface area contributed by atoms with Gasteiger partial charge in [-0.3, -0.25) is 9.78 Å². The van der Waals surface area contributed by atoms with Crippen LogP contribution in [0, 0.1) is 0 Å². The number of pyridine rings is 1. The molecule has 0 unspecified atom stereocenters. The molecule has 0 radical (unpaired) electrons. The zero-order valence-corrected chi connectivity index (χ0v) is 14.9. The Morgan fingerprint density at radius 1 is 0.929 bits per heavy atom. The van der Waals surface area contributed by atoms with Crippen LogP contribution in [0.3, 0.4) is 0 Å². The Hall–Kier alpha value is -3.82. The summed E-state index contributed by atoms with van der Waals surface area (Å²) < 4.78 is 0. The van der Waals surface area contributed by atoms with Crippen molar-refractivity contribution in [1.29, 1.82) is 0 Å². The predicted molar refractivity (Wildman–Crippen MR) is 106 cm³/mol. The topological polar surface area (TPSA) is 140 Å². The highest BCUT2D eigenvalue weighted by atomic mass is 16.1. The van der Waals surface area contributed by atoms with Crippen molar-refractivity contribution in [1.82, 2.24) is 24.9 Å². The van der Waals surface area contributed by atoms with E-state index < -0.39 is 5.91 Å². The molecule has 1 saturated heterocycles. The van der Waals surface area contributed by atoms with Crippen molar-refractivity contribution in [3.63, 3.8) is 0 Å². The Bertz CT molecular complexity index is 1250. The number of piperazine rings is 1. The first-order chi connectivity index (χ1) is 13.6. The molecule has 1 aliphatic rings. The third kappa shape index (κ3) is 2.66. The molecule has 10 heteroatoms. The number of aromatic nitrogens is 5. The maximum atomic E-state index is 11.6. The quantitative estimate of drug-likeness (QED) is 0.410. The van der Waals surface area contributed by atoms with Crippen molar-refractivity contribution in [3.05, 3.63) is 46.4 Å². The van der Waals surface area contributed by atoms with Crippen LogP contribution in [-0.2, 0) is 0 Å². The summed E-state index contributed by atoms with van der Waals surface area (Å²) in [5.41, 5.74) is 8.23. The number of hydrogen-bond donors (Lipinski definition) is 4. The Balaban J connectivity index is 1.36. The normalized spacial score (nSPS) is 14.9. The van der Waals surface area contributed by atoms with Gasteiger partial charge < -0.3 is 25.5 Å². The number of nitrogens with one attached hydrogen (secondary N) is 3. The second-order valence-corrected chi connectivity index (χ2v) is 6.75. The zero-order valence-electron chi connectivity index (χ0n) is 14.9. The molecule has 28 heavy (non-hydrogen) atoms. The molecule has 3 aromatic heterocycles. The maximum absolute atomic E-state index is 11.6. The van der Waals surface area contributed by atoms with Gasteiger partial charge in [-0.1, -0.05) is 6.07 Å². The van der Waals surface area contributed by atoms with Gasteiger partial charge in [0, 0.05) is 26.2 Å². The molecule has 0 bridgehead atoms. The van der Waals surface area contributed by atoms with Crippen LogP contribution in [0.15, 0.2) is 35.1 Å². The van der Waals surface area contributed by atoms with Gasteiger partial charge in [-0.25, -0.2) is 14.8 Å². The molecule has 4 heterocycles. The molecule has 0 saturated carbocycles. The Morgan fingerprint density at radius 3 is 2.50 bits per heavy atom. The number of imidazole rings is 2. The number of para-hydroxylation sites is 1. The molecule has 0 atom stereocenters. The van der Waals surface area contributed by atoms with Gasteiger partial charge in [-0.2, -0.15) is 0 Å². The summed E-state index contributed by atoms with van der Waals surface area (Å²) >= 11 is 0. The number of carbonyl (C=O) groups excluding carboxylic acids is 1. The molecule has 1 fully saturated rings. The highest BCUT2D eigenvalue weighted by Crippen LogP contribution is 2.23. The van der Waals surface area contributed by atoms with Gasteiger partial charge in [-0.15, -0.1) is 0 Å². The lowest BCUT2D eigenvalue weighted by Gasteiger charge is -2.35. The number of fused-ring (bicyclic) bond motifs is 2. The van der Waals surface area contributed by atoms with Crippen molar-refractivity contribution in [2.45, 2.75) is 0 Å². The first-order valence-electron chi connectivity index (χ1n) is 8.96. The summed E-state index contributed by atoms with van der Waals surface area (Å²) in [5, 5.41) is 0. The fourth-order valence-electron chi connectivity index (χ4n) is 3.60. The molecule has 0 aliphatic carbocycles. The van der Waals surface area contributed by atoms with Crippen molar-refractivity contribution in [2.24, 2.45) is 5.73 Å². The highest BCUT2D eigenvalue weighted by Gasteiger charge is 2.22. The van der Waals surface area contributed by atoms with Gasteiger partial charge in [0.15, 0.2) is 5.65 Å². The molecule has 0 spiro atoms. The van der Waals surface area contributed by atoms with Gasteiger partial charge in [0.1, 0.15) is 11.3 Å². The van der Waals surface area contributed by atoms with Crippen LogP contribution in [0.5, 0.6) is 0 Å². The molecule has 1 aliphatic heterocycles. The van der Waals surface area contributed by atoms with E-state index in [9.17, 15) is 9.59 Å². The lowest BCUT2D eigenvalue weighted by molar-refractivity contribution is 0.100. The summed E-state index contributed by atoms with van der Waals surface area (Å²) in [7, 11) is 0. The second-order valence-electron chi connectivity index (χ2n) is 6.75. The molecular formula is C18H18N8O2. The van der Waals surface area contributed by atoms with Gasteiger partial charge in [0.25, 0.3) is 5.91 Å². The summed E-state index contributed by atoms with van der Waals surface area (Å²) in [6, 6.07) is 9.11. The molecule has 142 valence electrons. The van der Waals surface area contributed by atoms with Crippen molar-refractivity contribution in [3.8, 4) is 0 Å². The average Bonchev–Trinajstić information content (AvgIpc) is 3.29. The number of primary amides is 1. The second kappa shape index (κ2) is 6.12. The third-order valence-electron chi connectivity index (χ3n) is 5.03. The first-order valence-corrected chi connectivity index (χ1v) is 8.96. The van der Waals surface area contributed by atoms with E-state index in [1.807, 2.05) is 18.2 Å². The maximum Gasteiger partial charge on any atom is 0.325 e. The molecule has 5 N–H and O–H groups in total. The number of nitrogens with two attached hydrogens (primary N) is 1. The molecule has 4 aromatic rings. The van der Waals surface area contributed by atoms with E-state index in [2.05, 4.69) is 34.7 Å². The van der Waals surface area contributed by atoms with E-state index in [0.717, 1.165) is 43.5 Å². The lowest BCUT2D eigenvalue weighted by atomic mass is 10.2. The van der Waals surface area contributed by atoms with Crippen molar-refractivity contribution < 1.29 is 4.79 Å². The number of anilines is 2. The lowest BCUT2D eigenvalue weighted by Crippen LogP contribution is -2.47. The average molecular weight is 378 g/mol. The van der Waals surface area contributed by atoms with E-state index in [0.29, 0.717) is 22.2 Å². The van der Waals surface area contributed by atoms with E-state index >= 15 is 0 Å². The standard InChI is InChI=1S/C18H18N8O2/c19-15(27)10-2-1-3-11-14(10)23-17(20-11)26-8-6-25(7-9-26)13-5-4-12-16(22-13)24-18(28)21-12/h1-5H,6-9H2,(H2,19,27)(H,20,23)(H2,21,22,24,28). The van der Waals surface area contributed by atoms with Crippen LogP contribution in [0.2, 0.25) is 0 Å². The van der Waals surface area contributed by atoms with Crippen LogP contribution < -0.4 is 21.2 Å². The monoisotopic (exact) mass is 378 g/mol. The van der Waals surface area contributed by atoms with E-state index in [4.69, 9.17) is 5.73 Å². The van der Waals surface area contributed by atoms with E-state index in [1.54, 1.807) is 12.1 Å². The Morgan fingerprint density at radius 2 is 1.71 bits per heavy atom. The first kappa shape index (κ1) is 16.4. The van der Waals surface area contributed by atoms with Crippen LogP contribution in [0.4, 0.5) is 11.8 Å². The fraction of sp³-hybridized carbons (Fsp3) is 0.222. The van der Waals surface area contributed by atoms with Crippen LogP contribution in [0.1, 0.15) is 10.4 Å². The number of benzene rings is 1. The number of hydrogen-bond acceptors (Lipinski definition) is 6. The number of H-pyrrole nitrogens is 3.